The third-order valence-electron chi connectivity index (χ3n) is 7.92. The molecule has 0 radical (unpaired) electrons. The number of likely N-dealkylation sites (tertiary alicyclic amines) is 2. The number of nitrogens with zero attached hydrogens (tertiary/aromatic N) is 4. The normalized spacial score (nSPS) is 22.4. The quantitative estimate of drug-likeness (QED) is 0.534. The summed E-state index contributed by atoms with van der Waals surface area (Å²) < 4.78 is 42.2. The maximum Gasteiger partial charge on any atom is 0.573 e. The monoisotopic (exact) mass is 561 g/mol. The number of carbonyl (C=O) groups is 2. The number of aliphatic hydroxyl groups is 1. The van der Waals surface area contributed by atoms with E-state index in [2.05, 4.69) is 24.9 Å². The van der Waals surface area contributed by atoms with Gasteiger partial charge in [0.15, 0.2) is 5.82 Å². The van der Waals surface area contributed by atoms with Crippen LogP contribution in [-0.2, 0) is 4.79 Å². The second kappa shape index (κ2) is 11.3. The molecule has 216 valence electrons. The fourth-order valence-electron chi connectivity index (χ4n) is 5.99. The fourth-order valence-corrected chi connectivity index (χ4v) is 5.99. The van der Waals surface area contributed by atoms with Gasteiger partial charge in [-0.05, 0) is 51.2 Å². The molecule has 1 saturated carbocycles. The highest BCUT2D eigenvalue weighted by Gasteiger charge is 2.39. The standard InChI is InChI=1S/C28H34F3N5O4/c1-16-24(25(18-6-7-18)34-26(32-16)19-4-3-5-23(12-19)40-28(29,30)31)27(39)35-10-8-21(9-11-35)36-14-20(33-17(2)38)13-22(36)15-37/h3-5,12,18,20-22,37H,6-11,13-15H2,1-2H3,(H,33,38). The van der Waals surface area contributed by atoms with Gasteiger partial charge in [0, 0.05) is 56.2 Å². The zero-order valence-electron chi connectivity index (χ0n) is 22.6. The summed E-state index contributed by atoms with van der Waals surface area (Å²) in [5.41, 5.74) is 2.01. The molecule has 1 aromatic heterocycles. The number of hydrogen-bond donors (Lipinski definition) is 2. The lowest BCUT2D eigenvalue weighted by atomic mass is 9.99. The first-order chi connectivity index (χ1) is 19.0. The summed E-state index contributed by atoms with van der Waals surface area (Å²) in [6, 6.07) is 5.74. The molecule has 40 heavy (non-hydrogen) atoms. The van der Waals surface area contributed by atoms with E-state index in [-0.39, 0.29) is 54.0 Å². The molecule has 2 N–H and O–H groups in total. The van der Waals surface area contributed by atoms with Gasteiger partial charge in [-0.25, -0.2) is 9.97 Å². The van der Waals surface area contributed by atoms with Crippen molar-refractivity contribution in [2.75, 3.05) is 26.2 Å². The summed E-state index contributed by atoms with van der Waals surface area (Å²) in [6.45, 7) is 5.03. The average molecular weight is 562 g/mol. The first kappa shape index (κ1) is 28.3. The van der Waals surface area contributed by atoms with E-state index in [0.29, 0.717) is 48.6 Å². The molecule has 2 amide bonds. The molecule has 3 heterocycles. The number of carbonyl (C=O) groups excluding carboxylic acids is 2. The number of amides is 2. The molecule has 9 nitrogen and oxygen atoms in total. The van der Waals surface area contributed by atoms with Crippen LogP contribution in [0, 0.1) is 6.92 Å². The zero-order valence-corrected chi connectivity index (χ0v) is 22.6. The molecule has 2 saturated heterocycles. The van der Waals surface area contributed by atoms with Crippen LogP contribution in [0.25, 0.3) is 11.4 Å². The Kier molecular flexibility index (Phi) is 8.01. The molecule has 2 atom stereocenters. The lowest BCUT2D eigenvalue weighted by molar-refractivity contribution is -0.274. The van der Waals surface area contributed by atoms with Crippen LogP contribution in [-0.4, -0.2) is 87.4 Å². The number of benzene rings is 1. The largest absolute Gasteiger partial charge is 0.573 e. The minimum atomic E-state index is -4.81. The molecule has 0 bridgehead atoms. The first-order valence-electron chi connectivity index (χ1n) is 13.7. The van der Waals surface area contributed by atoms with Crippen LogP contribution in [0.1, 0.15) is 66.7 Å². The van der Waals surface area contributed by atoms with Crippen LogP contribution >= 0.6 is 0 Å². The van der Waals surface area contributed by atoms with Crippen molar-refractivity contribution in [2.45, 2.75) is 76.4 Å². The van der Waals surface area contributed by atoms with Crippen molar-refractivity contribution in [3.8, 4) is 17.1 Å². The number of aromatic nitrogens is 2. The van der Waals surface area contributed by atoms with E-state index in [1.165, 1.54) is 25.1 Å². The third kappa shape index (κ3) is 6.38. The first-order valence-corrected chi connectivity index (χ1v) is 13.7. The molecule has 12 heteroatoms. The highest BCUT2D eigenvalue weighted by atomic mass is 19.4. The van der Waals surface area contributed by atoms with E-state index in [0.717, 1.165) is 25.7 Å². The number of ether oxygens (including phenoxy) is 1. The second-order valence-electron chi connectivity index (χ2n) is 10.9. The maximum absolute atomic E-state index is 13.8. The predicted molar refractivity (Wildman–Crippen MR) is 140 cm³/mol. The van der Waals surface area contributed by atoms with Crippen LogP contribution in [0.5, 0.6) is 5.75 Å². The third-order valence-corrected chi connectivity index (χ3v) is 7.92. The molecule has 1 aliphatic carbocycles. The molecule has 0 spiro atoms. The van der Waals surface area contributed by atoms with Gasteiger partial charge in [0.2, 0.25) is 5.91 Å². The van der Waals surface area contributed by atoms with Gasteiger partial charge in [0.1, 0.15) is 5.75 Å². The summed E-state index contributed by atoms with van der Waals surface area (Å²) in [5, 5.41) is 12.9. The van der Waals surface area contributed by atoms with Crippen molar-refractivity contribution < 1.29 is 32.6 Å². The minimum absolute atomic E-state index is 0.00874. The Morgan fingerprint density at radius 2 is 1.88 bits per heavy atom. The summed E-state index contributed by atoms with van der Waals surface area (Å²) >= 11 is 0. The van der Waals surface area contributed by atoms with Crippen LogP contribution in [0.2, 0.25) is 0 Å². The van der Waals surface area contributed by atoms with Crippen molar-refractivity contribution in [3.05, 3.63) is 41.2 Å². The molecule has 1 aromatic carbocycles. The predicted octanol–water partition coefficient (Wildman–Crippen LogP) is 3.40. The van der Waals surface area contributed by atoms with Crippen molar-refractivity contribution in [1.82, 2.24) is 25.1 Å². The second-order valence-corrected chi connectivity index (χ2v) is 10.9. The number of halogens is 3. The number of aryl methyl sites for hydroxylation is 1. The number of piperidine rings is 1. The molecular formula is C28H34F3N5O4. The van der Waals surface area contributed by atoms with E-state index in [4.69, 9.17) is 0 Å². The van der Waals surface area contributed by atoms with Crippen molar-refractivity contribution in [2.24, 2.45) is 0 Å². The molecular weight excluding hydrogens is 527 g/mol. The Bertz CT molecular complexity index is 1260. The van der Waals surface area contributed by atoms with Crippen LogP contribution in [0.4, 0.5) is 13.2 Å². The maximum atomic E-state index is 13.8. The number of aliphatic hydroxyl groups excluding tert-OH is 1. The fraction of sp³-hybridized carbons (Fsp3) is 0.571. The Labute approximate surface area is 230 Å². The zero-order chi connectivity index (χ0) is 28.6. The van der Waals surface area contributed by atoms with Gasteiger partial charge in [-0.1, -0.05) is 12.1 Å². The number of rotatable bonds is 7. The van der Waals surface area contributed by atoms with Gasteiger partial charge in [0.25, 0.3) is 5.91 Å². The Hall–Kier alpha value is -3.25. The number of hydrogen-bond acceptors (Lipinski definition) is 7. The van der Waals surface area contributed by atoms with E-state index in [1.807, 2.05) is 4.90 Å². The summed E-state index contributed by atoms with van der Waals surface area (Å²) in [6.07, 6.45) is -0.826. The van der Waals surface area contributed by atoms with Crippen LogP contribution < -0.4 is 10.1 Å². The minimum Gasteiger partial charge on any atom is -0.406 e. The van der Waals surface area contributed by atoms with Gasteiger partial charge in [-0.2, -0.15) is 0 Å². The van der Waals surface area contributed by atoms with E-state index in [1.54, 1.807) is 13.0 Å². The average Bonchev–Trinajstić information content (AvgIpc) is 3.67. The highest BCUT2D eigenvalue weighted by molar-refractivity contribution is 5.97. The van der Waals surface area contributed by atoms with E-state index >= 15 is 0 Å². The lowest BCUT2D eigenvalue weighted by Crippen LogP contribution is -2.49. The molecule has 2 aliphatic heterocycles. The molecule has 3 fully saturated rings. The lowest BCUT2D eigenvalue weighted by Gasteiger charge is -2.39. The van der Waals surface area contributed by atoms with Gasteiger partial charge >= 0.3 is 6.36 Å². The Morgan fingerprint density at radius 3 is 2.50 bits per heavy atom. The van der Waals surface area contributed by atoms with E-state index < -0.39 is 6.36 Å². The Morgan fingerprint density at radius 1 is 1.15 bits per heavy atom. The van der Waals surface area contributed by atoms with Gasteiger partial charge in [-0.15, -0.1) is 13.2 Å². The van der Waals surface area contributed by atoms with E-state index in [9.17, 15) is 27.9 Å². The van der Waals surface area contributed by atoms with Crippen molar-refractivity contribution >= 4 is 11.8 Å². The van der Waals surface area contributed by atoms with Gasteiger partial charge in [-0.3, -0.25) is 14.5 Å². The Balaban J connectivity index is 1.31. The number of nitrogens with one attached hydrogen (secondary N) is 1. The molecule has 2 aromatic rings. The van der Waals surface area contributed by atoms with Gasteiger partial charge in [0.05, 0.1) is 23.6 Å². The van der Waals surface area contributed by atoms with Gasteiger partial charge < -0.3 is 20.1 Å². The topological polar surface area (TPSA) is 108 Å². The molecule has 5 rings (SSSR count). The summed E-state index contributed by atoms with van der Waals surface area (Å²) in [4.78, 5) is 38.6. The highest BCUT2D eigenvalue weighted by Crippen LogP contribution is 2.42. The van der Waals surface area contributed by atoms with Crippen LogP contribution in [0.15, 0.2) is 24.3 Å². The summed E-state index contributed by atoms with van der Waals surface area (Å²) in [7, 11) is 0. The SMILES string of the molecule is CC(=O)NC1CC(CO)N(C2CCN(C(=O)c3c(C)nc(-c4cccc(OC(F)(F)F)c4)nc3C3CC3)CC2)C1. The van der Waals surface area contributed by atoms with Crippen molar-refractivity contribution in [3.63, 3.8) is 0 Å². The molecule has 2 unspecified atom stereocenters. The smallest absolute Gasteiger partial charge is 0.406 e. The molecule has 3 aliphatic rings. The summed E-state index contributed by atoms with van der Waals surface area (Å²) in [5.74, 6) is -0.185. The van der Waals surface area contributed by atoms with Crippen LogP contribution in [0.3, 0.4) is 0 Å². The number of alkyl halides is 3. The van der Waals surface area contributed by atoms with Crippen molar-refractivity contribution in [1.29, 1.82) is 0 Å².